The number of likely N-dealkylation sites (N-methyl/N-ethyl adjacent to an activating group) is 1. The van der Waals surface area contributed by atoms with Gasteiger partial charge in [-0.1, -0.05) is 6.07 Å². The summed E-state index contributed by atoms with van der Waals surface area (Å²) >= 11 is 0. The summed E-state index contributed by atoms with van der Waals surface area (Å²) in [5.41, 5.74) is 2.32. The molecule has 0 atom stereocenters. The molecule has 0 saturated heterocycles. The summed E-state index contributed by atoms with van der Waals surface area (Å²) in [7, 11) is 1.95. The number of hydrogen-bond donors (Lipinski definition) is 1. The third-order valence-corrected chi connectivity index (χ3v) is 2.41. The molecule has 4 heteroatoms. The van der Waals surface area contributed by atoms with Crippen molar-refractivity contribution < 1.29 is 0 Å². The molecule has 0 amide bonds. The molecular weight excluding hydrogens is 200 g/mol. The first kappa shape index (κ1) is 10.8. The lowest BCUT2D eigenvalue weighted by molar-refractivity contribution is 0.773. The van der Waals surface area contributed by atoms with Crippen molar-refractivity contribution in [2.45, 2.75) is 13.0 Å². The molecule has 0 aromatic carbocycles. The van der Waals surface area contributed by atoms with Crippen molar-refractivity contribution in [1.82, 2.24) is 19.9 Å². The number of imidazole rings is 1. The zero-order chi connectivity index (χ0) is 11.2. The maximum atomic E-state index is 4.35. The quantitative estimate of drug-likeness (QED) is 0.813. The van der Waals surface area contributed by atoms with E-state index >= 15 is 0 Å². The second-order valence-electron chi connectivity index (χ2n) is 3.75. The van der Waals surface area contributed by atoms with Gasteiger partial charge in [0.25, 0.3) is 0 Å². The van der Waals surface area contributed by atoms with Crippen LogP contribution in [0.1, 0.15) is 11.3 Å². The van der Waals surface area contributed by atoms with E-state index in [1.165, 1.54) is 5.56 Å². The maximum absolute atomic E-state index is 4.35. The second kappa shape index (κ2) is 5.42. The van der Waals surface area contributed by atoms with Gasteiger partial charge in [0.1, 0.15) is 0 Å². The van der Waals surface area contributed by atoms with E-state index < -0.39 is 0 Å². The van der Waals surface area contributed by atoms with Gasteiger partial charge in [-0.2, -0.15) is 0 Å². The van der Waals surface area contributed by atoms with Gasteiger partial charge in [0.05, 0.1) is 18.6 Å². The lowest BCUT2D eigenvalue weighted by Crippen LogP contribution is -2.10. The lowest BCUT2D eigenvalue weighted by Gasteiger charge is -2.00. The largest absolute Gasteiger partial charge is 0.333 e. The molecular formula is C12H16N4. The Kier molecular flexibility index (Phi) is 3.66. The Bertz CT molecular complexity index is 422. The highest BCUT2D eigenvalue weighted by atomic mass is 15.0. The van der Waals surface area contributed by atoms with E-state index in [4.69, 9.17) is 0 Å². The topological polar surface area (TPSA) is 42.7 Å². The predicted octanol–water partition coefficient (Wildman–Crippen LogP) is 1.09. The van der Waals surface area contributed by atoms with Crippen molar-refractivity contribution in [2.24, 2.45) is 0 Å². The zero-order valence-electron chi connectivity index (χ0n) is 9.43. The van der Waals surface area contributed by atoms with Crippen LogP contribution in [0.5, 0.6) is 0 Å². The van der Waals surface area contributed by atoms with Crippen molar-refractivity contribution in [3.8, 4) is 0 Å². The lowest BCUT2D eigenvalue weighted by atomic mass is 10.3. The Balaban J connectivity index is 1.97. The standard InChI is InChI=1S/C12H16N4/c1-13-6-4-12-9-16(10-15-12)8-11-3-2-5-14-7-11/h2-3,5,7,9-10,13H,4,6,8H2,1H3. The van der Waals surface area contributed by atoms with E-state index in [0.29, 0.717) is 0 Å². The maximum Gasteiger partial charge on any atom is 0.0952 e. The zero-order valence-corrected chi connectivity index (χ0v) is 9.43. The second-order valence-corrected chi connectivity index (χ2v) is 3.75. The smallest absolute Gasteiger partial charge is 0.0952 e. The van der Waals surface area contributed by atoms with E-state index in [9.17, 15) is 0 Å². The molecule has 0 unspecified atom stereocenters. The molecule has 2 heterocycles. The van der Waals surface area contributed by atoms with E-state index in [-0.39, 0.29) is 0 Å². The van der Waals surface area contributed by atoms with Crippen LogP contribution in [-0.2, 0) is 13.0 Å². The number of aromatic nitrogens is 3. The molecule has 2 rings (SSSR count). The minimum atomic E-state index is 0.834. The van der Waals surface area contributed by atoms with Crippen LogP contribution in [0.3, 0.4) is 0 Å². The van der Waals surface area contributed by atoms with Crippen LogP contribution in [0.2, 0.25) is 0 Å². The van der Waals surface area contributed by atoms with Gasteiger partial charge in [-0.3, -0.25) is 4.98 Å². The monoisotopic (exact) mass is 216 g/mol. The fourth-order valence-corrected chi connectivity index (χ4v) is 1.58. The molecule has 16 heavy (non-hydrogen) atoms. The summed E-state index contributed by atoms with van der Waals surface area (Å²) in [5, 5.41) is 3.12. The SMILES string of the molecule is CNCCc1cn(Cc2cccnc2)cn1. The van der Waals surface area contributed by atoms with E-state index in [0.717, 1.165) is 25.2 Å². The van der Waals surface area contributed by atoms with Gasteiger partial charge in [0, 0.05) is 31.6 Å². The molecule has 0 aliphatic carbocycles. The van der Waals surface area contributed by atoms with Gasteiger partial charge in [-0.25, -0.2) is 4.98 Å². The number of pyridine rings is 1. The Morgan fingerprint density at radius 3 is 3.12 bits per heavy atom. The molecule has 0 saturated carbocycles. The van der Waals surface area contributed by atoms with Crippen LogP contribution in [0.25, 0.3) is 0 Å². The third-order valence-electron chi connectivity index (χ3n) is 2.41. The van der Waals surface area contributed by atoms with Crippen molar-refractivity contribution >= 4 is 0 Å². The Hall–Kier alpha value is -1.68. The highest BCUT2D eigenvalue weighted by Crippen LogP contribution is 2.02. The molecule has 0 spiro atoms. The Morgan fingerprint density at radius 2 is 2.38 bits per heavy atom. The summed E-state index contributed by atoms with van der Waals surface area (Å²) in [4.78, 5) is 8.45. The summed E-state index contributed by atoms with van der Waals surface area (Å²) in [6, 6.07) is 4.02. The summed E-state index contributed by atoms with van der Waals surface area (Å²) < 4.78 is 2.09. The molecule has 2 aromatic rings. The number of nitrogens with zero attached hydrogens (tertiary/aromatic N) is 3. The third kappa shape index (κ3) is 2.90. The van der Waals surface area contributed by atoms with Crippen LogP contribution < -0.4 is 5.32 Å². The summed E-state index contributed by atoms with van der Waals surface area (Å²) in [6.45, 7) is 1.80. The van der Waals surface area contributed by atoms with Crippen LogP contribution in [0.15, 0.2) is 37.1 Å². The molecule has 0 radical (unpaired) electrons. The van der Waals surface area contributed by atoms with Crippen molar-refractivity contribution in [3.05, 3.63) is 48.3 Å². The highest BCUT2D eigenvalue weighted by Gasteiger charge is 1.99. The van der Waals surface area contributed by atoms with Gasteiger partial charge < -0.3 is 9.88 Å². The molecule has 1 N–H and O–H groups in total. The van der Waals surface area contributed by atoms with Gasteiger partial charge >= 0.3 is 0 Å². The van der Waals surface area contributed by atoms with Crippen LogP contribution in [0.4, 0.5) is 0 Å². The average molecular weight is 216 g/mol. The molecule has 0 aliphatic rings. The first-order valence-electron chi connectivity index (χ1n) is 5.42. The van der Waals surface area contributed by atoms with Crippen molar-refractivity contribution in [2.75, 3.05) is 13.6 Å². The van der Waals surface area contributed by atoms with Crippen molar-refractivity contribution in [3.63, 3.8) is 0 Å². The van der Waals surface area contributed by atoms with Crippen LogP contribution in [0, 0.1) is 0 Å². The predicted molar refractivity (Wildman–Crippen MR) is 63.2 cm³/mol. The van der Waals surface area contributed by atoms with Crippen molar-refractivity contribution in [1.29, 1.82) is 0 Å². The average Bonchev–Trinajstić information content (AvgIpc) is 2.75. The molecule has 0 bridgehead atoms. The normalized spacial score (nSPS) is 10.6. The fourth-order valence-electron chi connectivity index (χ4n) is 1.58. The Labute approximate surface area is 95.4 Å². The van der Waals surface area contributed by atoms with E-state index in [2.05, 4.69) is 32.1 Å². The first-order valence-corrected chi connectivity index (χ1v) is 5.42. The molecule has 0 aliphatic heterocycles. The fraction of sp³-hybridized carbons (Fsp3) is 0.333. The summed E-state index contributed by atoms with van der Waals surface area (Å²) in [5.74, 6) is 0. The van der Waals surface area contributed by atoms with Gasteiger partial charge in [-0.05, 0) is 18.7 Å². The number of rotatable bonds is 5. The van der Waals surface area contributed by atoms with E-state index in [1.807, 2.05) is 25.6 Å². The van der Waals surface area contributed by atoms with Gasteiger partial charge in [-0.15, -0.1) is 0 Å². The molecule has 84 valence electrons. The van der Waals surface area contributed by atoms with Crippen LogP contribution in [-0.4, -0.2) is 28.1 Å². The molecule has 4 nitrogen and oxygen atoms in total. The number of nitrogens with one attached hydrogen (secondary N) is 1. The summed E-state index contributed by atoms with van der Waals surface area (Å²) in [6.07, 6.45) is 8.60. The van der Waals surface area contributed by atoms with Gasteiger partial charge in [0.2, 0.25) is 0 Å². The molecule has 0 fully saturated rings. The minimum absolute atomic E-state index is 0.834. The minimum Gasteiger partial charge on any atom is -0.333 e. The molecule has 2 aromatic heterocycles. The number of hydrogen-bond acceptors (Lipinski definition) is 3. The van der Waals surface area contributed by atoms with E-state index in [1.54, 1.807) is 6.20 Å². The van der Waals surface area contributed by atoms with Gasteiger partial charge in [0.15, 0.2) is 0 Å². The highest BCUT2D eigenvalue weighted by molar-refractivity contribution is 5.10. The first-order chi connectivity index (χ1) is 7.88. The van der Waals surface area contributed by atoms with Crippen LogP contribution >= 0.6 is 0 Å². The Morgan fingerprint density at radius 1 is 1.44 bits per heavy atom.